The Morgan fingerprint density at radius 3 is 2.61 bits per heavy atom. The third-order valence-corrected chi connectivity index (χ3v) is 3.83. The van der Waals surface area contributed by atoms with Gasteiger partial charge in [-0.3, -0.25) is 0 Å². The second-order valence-corrected chi connectivity index (χ2v) is 5.93. The van der Waals surface area contributed by atoms with E-state index in [4.69, 9.17) is 18.0 Å². The first kappa shape index (κ1) is 13.3. The van der Waals surface area contributed by atoms with Gasteiger partial charge >= 0.3 is 0 Å². The average molecular weight is 263 g/mol. The molecular formula is C14H21N3S. The van der Waals surface area contributed by atoms with Crippen LogP contribution in [0.4, 0.5) is 5.82 Å². The van der Waals surface area contributed by atoms with Gasteiger partial charge in [0, 0.05) is 18.3 Å². The van der Waals surface area contributed by atoms with E-state index in [1.54, 1.807) is 0 Å². The van der Waals surface area contributed by atoms with E-state index in [1.165, 1.54) is 6.42 Å². The van der Waals surface area contributed by atoms with E-state index < -0.39 is 0 Å². The first-order valence-corrected chi connectivity index (χ1v) is 6.85. The van der Waals surface area contributed by atoms with Gasteiger partial charge in [0.2, 0.25) is 0 Å². The van der Waals surface area contributed by atoms with E-state index >= 15 is 0 Å². The highest BCUT2D eigenvalue weighted by molar-refractivity contribution is 7.80. The van der Waals surface area contributed by atoms with E-state index in [-0.39, 0.29) is 0 Å². The van der Waals surface area contributed by atoms with Gasteiger partial charge in [0.1, 0.15) is 10.8 Å². The number of nitrogens with zero attached hydrogens (tertiary/aromatic N) is 2. The van der Waals surface area contributed by atoms with Crippen LogP contribution in [-0.4, -0.2) is 22.6 Å². The summed E-state index contributed by atoms with van der Waals surface area (Å²) in [5, 5.41) is 0. The van der Waals surface area contributed by atoms with Crippen LogP contribution in [0.25, 0.3) is 0 Å². The monoisotopic (exact) mass is 263 g/mol. The molecule has 1 aromatic heterocycles. The fourth-order valence-corrected chi connectivity index (χ4v) is 3.18. The van der Waals surface area contributed by atoms with Crippen LogP contribution < -0.4 is 10.6 Å². The molecule has 2 heterocycles. The molecule has 2 unspecified atom stereocenters. The number of hydrogen-bond acceptors (Lipinski definition) is 3. The number of aromatic nitrogens is 1. The van der Waals surface area contributed by atoms with Crippen molar-refractivity contribution in [2.75, 3.05) is 11.4 Å². The van der Waals surface area contributed by atoms with Crippen molar-refractivity contribution in [1.29, 1.82) is 0 Å². The molecule has 0 aliphatic carbocycles. The molecule has 0 bridgehead atoms. The SMILES string of the molecule is Cc1cc(C)c(C(N)=S)c(N2CC(C)CC2C)n1. The van der Waals surface area contributed by atoms with Gasteiger partial charge in [-0.05, 0) is 44.7 Å². The zero-order valence-corrected chi connectivity index (χ0v) is 12.3. The highest BCUT2D eigenvalue weighted by atomic mass is 32.1. The van der Waals surface area contributed by atoms with Crippen molar-refractivity contribution in [1.82, 2.24) is 4.98 Å². The Kier molecular flexibility index (Phi) is 3.57. The van der Waals surface area contributed by atoms with Crippen molar-refractivity contribution in [3.05, 3.63) is 22.9 Å². The first-order chi connectivity index (χ1) is 8.40. The Hall–Kier alpha value is -1.16. The summed E-state index contributed by atoms with van der Waals surface area (Å²) in [7, 11) is 0. The normalized spacial score (nSPS) is 23.4. The summed E-state index contributed by atoms with van der Waals surface area (Å²) >= 11 is 5.19. The Morgan fingerprint density at radius 1 is 1.44 bits per heavy atom. The molecule has 98 valence electrons. The molecule has 1 saturated heterocycles. The Balaban J connectivity index is 2.52. The summed E-state index contributed by atoms with van der Waals surface area (Å²) in [6.07, 6.45) is 1.20. The minimum atomic E-state index is 0.446. The predicted octanol–water partition coefficient (Wildman–Crippen LogP) is 2.57. The zero-order chi connectivity index (χ0) is 13.4. The highest BCUT2D eigenvalue weighted by Crippen LogP contribution is 2.31. The molecule has 2 N–H and O–H groups in total. The number of aryl methyl sites for hydroxylation is 2. The molecule has 0 radical (unpaired) electrons. The van der Waals surface area contributed by atoms with Crippen molar-refractivity contribution in [3.63, 3.8) is 0 Å². The number of thiocarbonyl (C=S) groups is 1. The Morgan fingerprint density at radius 2 is 2.11 bits per heavy atom. The molecule has 1 aromatic rings. The lowest BCUT2D eigenvalue weighted by Gasteiger charge is -2.26. The van der Waals surface area contributed by atoms with Crippen LogP contribution in [0.2, 0.25) is 0 Å². The maximum absolute atomic E-state index is 5.88. The van der Waals surface area contributed by atoms with Gasteiger partial charge in [0.05, 0.1) is 5.56 Å². The Bertz CT molecular complexity index is 484. The number of nitrogens with two attached hydrogens (primary N) is 1. The molecule has 0 spiro atoms. The van der Waals surface area contributed by atoms with Gasteiger partial charge < -0.3 is 10.6 Å². The van der Waals surface area contributed by atoms with Gasteiger partial charge in [0.25, 0.3) is 0 Å². The molecule has 1 aliphatic rings. The largest absolute Gasteiger partial charge is 0.389 e. The van der Waals surface area contributed by atoms with Gasteiger partial charge in [-0.25, -0.2) is 4.98 Å². The number of anilines is 1. The van der Waals surface area contributed by atoms with Crippen LogP contribution in [-0.2, 0) is 0 Å². The average Bonchev–Trinajstić information content (AvgIpc) is 2.55. The third-order valence-electron chi connectivity index (χ3n) is 3.63. The number of rotatable bonds is 2. The smallest absolute Gasteiger partial charge is 0.139 e. The summed E-state index contributed by atoms with van der Waals surface area (Å²) in [4.78, 5) is 7.47. The predicted molar refractivity (Wildman–Crippen MR) is 80.2 cm³/mol. The van der Waals surface area contributed by atoms with Gasteiger partial charge in [-0.2, -0.15) is 0 Å². The lowest BCUT2D eigenvalue weighted by atomic mass is 10.1. The van der Waals surface area contributed by atoms with Crippen molar-refractivity contribution in [3.8, 4) is 0 Å². The maximum atomic E-state index is 5.88. The van der Waals surface area contributed by atoms with Gasteiger partial charge in [0.15, 0.2) is 0 Å². The molecule has 1 fully saturated rings. The van der Waals surface area contributed by atoms with Gasteiger partial charge in [-0.15, -0.1) is 0 Å². The van der Waals surface area contributed by atoms with E-state index in [0.29, 0.717) is 16.9 Å². The lowest BCUT2D eigenvalue weighted by molar-refractivity contribution is 0.625. The van der Waals surface area contributed by atoms with Crippen LogP contribution in [0.1, 0.15) is 37.1 Å². The minimum absolute atomic E-state index is 0.446. The standard InChI is InChI=1S/C14H21N3S/c1-8-5-11(4)17(7-8)14-12(13(15)18)9(2)6-10(3)16-14/h6,8,11H,5,7H2,1-4H3,(H2,15,18). The second-order valence-electron chi connectivity index (χ2n) is 5.49. The fraction of sp³-hybridized carbons (Fsp3) is 0.571. The molecule has 3 nitrogen and oxygen atoms in total. The molecule has 18 heavy (non-hydrogen) atoms. The maximum Gasteiger partial charge on any atom is 0.139 e. The molecule has 2 rings (SSSR count). The van der Waals surface area contributed by atoms with Crippen molar-refractivity contribution < 1.29 is 0 Å². The van der Waals surface area contributed by atoms with Crippen LogP contribution in [0, 0.1) is 19.8 Å². The summed E-state index contributed by atoms with van der Waals surface area (Å²) in [6.45, 7) is 9.62. The number of hydrogen-bond donors (Lipinski definition) is 1. The third kappa shape index (κ3) is 2.34. The molecule has 0 aromatic carbocycles. The van der Waals surface area contributed by atoms with Crippen molar-refractivity contribution in [2.45, 2.75) is 40.2 Å². The summed E-state index contributed by atoms with van der Waals surface area (Å²) in [5.74, 6) is 1.67. The fourth-order valence-electron chi connectivity index (χ4n) is 2.92. The van der Waals surface area contributed by atoms with Crippen molar-refractivity contribution in [2.24, 2.45) is 11.7 Å². The van der Waals surface area contributed by atoms with Crippen LogP contribution in [0.5, 0.6) is 0 Å². The molecule has 4 heteroatoms. The molecule has 0 amide bonds. The zero-order valence-electron chi connectivity index (χ0n) is 11.5. The highest BCUT2D eigenvalue weighted by Gasteiger charge is 2.29. The lowest BCUT2D eigenvalue weighted by Crippen LogP contribution is -2.31. The summed E-state index contributed by atoms with van der Waals surface area (Å²) in [5.41, 5.74) is 8.96. The van der Waals surface area contributed by atoms with E-state index in [1.807, 2.05) is 13.0 Å². The van der Waals surface area contributed by atoms with E-state index in [0.717, 1.165) is 29.2 Å². The van der Waals surface area contributed by atoms with E-state index in [9.17, 15) is 0 Å². The number of pyridine rings is 1. The van der Waals surface area contributed by atoms with Gasteiger partial charge in [-0.1, -0.05) is 19.1 Å². The molecule has 2 atom stereocenters. The summed E-state index contributed by atoms with van der Waals surface area (Å²) < 4.78 is 0. The van der Waals surface area contributed by atoms with Crippen LogP contribution >= 0.6 is 12.2 Å². The minimum Gasteiger partial charge on any atom is -0.389 e. The quantitative estimate of drug-likeness (QED) is 0.833. The molecule has 1 aliphatic heterocycles. The van der Waals surface area contributed by atoms with E-state index in [2.05, 4.69) is 30.7 Å². The second kappa shape index (κ2) is 4.84. The Labute approximate surface area is 114 Å². The van der Waals surface area contributed by atoms with Crippen LogP contribution in [0.15, 0.2) is 6.07 Å². The molecular weight excluding hydrogens is 242 g/mol. The first-order valence-electron chi connectivity index (χ1n) is 6.44. The van der Waals surface area contributed by atoms with Crippen LogP contribution in [0.3, 0.4) is 0 Å². The summed E-state index contributed by atoms with van der Waals surface area (Å²) in [6, 6.07) is 2.55. The topological polar surface area (TPSA) is 42.1 Å². The van der Waals surface area contributed by atoms with Crippen molar-refractivity contribution >= 4 is 23.0 Å². The molecule has 0 saturated carbocycles.